The van der Waals surface area contributed by atoms with Crippen LogP contribution in [0.4, 0.5) is 8.78 Å². The van der Waals surface area contributed by atoms with Crippen molar-refractivity contribution in [2.75, 3.05) is 26.8 Å². The first-order valence-corrected chi connectivity index (χ1v) is 9.22. The van der Waals surface area contributed by atoms with Crippen molar-refractivity contribution in [3.8, 4) is 0 Å². The molecule has 0 saturated carbocycles. The first kappa shape index (κ1) is 20.8. The SMILES string of the molecule is CCn1ccc(C(=O)N2CC(F)(F)C[C@H]2Cn2cc(C(=O)NCCOC)nn2)n1. The Bertz CT molecular complexity index is 867. The van der Waals surface area contributed by atoms with E-state index in [0.29, 0.717) is 19.7 Å². The average molecular weight is 411 g/mol. The smallest absolute Gasteiger partial charge is 0.274 e. The van der Waals surface area contributed by atoms with Crippen LogP contribution in [-0.2, 0) is 17.8 Å². The van der Waals surface area contributed by atoms with Crippen molar-refractivity contribution in [2.45, 2.75) is 38.4 Å². The topological polar surface area (TPSA) is 107 Å². The molecule has 0 unspecified atom stereocenters. The maximum absolute atomic E-state index is 14.1. The number of hydrogen-bond donors (Lipinski definition) is 1. The molecular formula is C17H23F2N7O3. The molecule has 1 aliphatic rings. The molecule has 0 aliphatic carbocycles. The number of nitrogens with one attached hydrogen (secondary N) is 1. The van der Waals surface area contributed by atoms with Gasteiger partial charge in [-0.05, 0) is 13.0 Å². The van der Waals surface area contributed by atoms with Gasteiger partial charge in [0, 0.05) is 32.8 Å². The minimum Gasteiger partial charge on any atom is -0.383 e. The van der Waals surface area contributed by atoms with Crippen molar-refractivity contribution in [1.29, 1.82) is 0 Å². The fourth-order valence-corrected chi connectivity index (χ4v) is 3.16. The van der Waals surface area contributed by atoms with Gasteiger partial charge in [0.1, 0.15) is 5.69 Å². The lowest BCUT2D eigenvalue weighted by molar-refractivity contribution is 0.0116. The van der Waals surface area contributed by atoms with Gasteiger partial charge < -0.3 is 15.0 Å². The Balaban J connectivity index is 1.69. The molecule has 1 saturated heterocycles. The van der Waals surface area contributed by atoms with Gasteiger partial charge in [0.05, 0.1) is 31.9 Å². The van der Waals surface area contributed by atoms with E-state index >= 15 is 0 Å². The Labute approximate surface area is 165 Å². The van der Waals surface area contributed by atoms with E-state index in [2.05, 4.69) is 20.7 Å². The molecule has 3 heterocycles. The molecule has 12 heteroatoms. The number of ether oxygens (including phenoxy) is 1. The van der Waals surface area contributed by atoms with Crippen LogP contribution in [0, 0.1) is 0 Å². The van der Waals surface area contributed by atoms with Gasteiger partial charge in [-0.2, -0.15) is 5.10 Å². The molecule has 1 fully saturated rings. The lowest BCUT2D eigenvalue weighted by Crippen LogP contribution is -2.39. The summed E-state index contributed by atoms with van der Waals surface area (Å²) >= 11 is 0. The lowest BCUT2D eigenvalue weighted by atomic mass is 10.2. The summed E-state index contributed by atoms with van der Waals surface area (Å²) in [6, 6.07) is 0.715. The second kappa shape index (κ2) is 8.64. The van der Waals surface area contributed by atoms with Crippen LogP contribution in [-0.4, -0.2) is 80.3 Å². The normalized spacial score (nSPS) is 18.2. The third-order valence-electron chi connectivity index (χ3n) is 4.58. The third-order valence-corrected chi connectivity index (χ3v) is 4.58. The van der Waals surface area contributed by atoms with Gasteiger partial charge in [-0.15, -0.1) is 5.10 Å². The van der Waals surface area contributed by atoms with Crippen molar-refractivity contribution in [2.24, 2.45) is 0 Å². The first-order chi connectivity index (χ1) is 13.8. The molecule has 2 amide bonds. The number of likely N-dealkylation sites (tertiary alicyclic amines) is 1. The van der Waals surface area contributed by atoms with Crippen LogP contribution in [0.15, 0.2) is 18.5 Å². The van der Waals surface area contributed by atoms with Crippen molar-refractivity contribution in [1.82, 2.24) is 35.0 Å². The fourth-order valence-electron chi connectivity index (χ4n) is 3.16. The number of methoxy groups -OCH3 is 1. The zero-order valence-electron chi connectivity index (χ0n) is 16.2. The summed E-state index contributed by atoms with van der Waals surface area (Å²) in [4.78, 5) is 25.8. The molecule has 0 spiro atoms. The maximum Gasteiger partial charge on any atom is 0.274 e. The molecule has 158 valence electrons. The summed E-state index contributed by atoms with van der Waals surface area (Å²) in [6.07, 6.45) is 2.50. The predicted molar refractivity (Wildman–Crippen MR) is 96.5 cm³/mol. The highest BCUT2D eigenvalue weighted by Crippen LogP contribution is 2.33. The number of rotatable bonds is 8. The van der Waals surface area contributed by atoms with Crippen LogP contribution in [0.5, 0.6) is 0 Å². The molecule has 0 bridgehead atoms. The quantitative estimate of drug-likeness (QED) is 0.631. The molecule has 2 aromatic heterocycles. The summed E-state index contributed by atoms with van der Waals surface area (Å²) in [5.41, 5.74) is 0.178. The Morgan fingerprint density at radius 2 is 2.14 bits per heavy atom. The van der Waals surface area contributed by atoms with E-state index in [4.69, 9.17) is 4.74 Å². The standard InChI is InChI=1S/C17H23F2N7O3/c1-3-24-6-4-13(22-24)16(28)26-11-17(18,19)8-12(26)9-25-10-14(21-23-25)15(27)20-5-7-29-2/h4,6,10,12H,3,5,7-9,11H2,1-2H3,(H,20,27)/t12-/m0/s1. The second-order valence-corrected chi connectivity index (χ2v) is 6.78. The monoisotopic (exact) mass is 411 g/mol. The second-order valence-electron chi connectivity index (χ2n) is 6.78. The van der Waals surface area contributed by atoms with Crippen LogP contribution >= 0.6 is 0 Å². The van der Waals surface area contributed by atoms with Crippen molar-refractivity contribution in [3.05, 3.63) is 29.8 Å². The number of halogens is 2. The van der Waals surface area contributed by atoms with E-state index in [0.717, 1.165) is 4.90 Å². The molecule has 2 aromatic rings. The van der Waals surface area contributed by atoms with E-state index in [9.17, 15) is 18.4 Å². The van der Waals surface area contributed by atoms with E-state index in [1.807, 2.05) is 6.92 Å². The van der Waals surface area contributed by atoms with Gasteiger partial charge in [0.15, 0.2) is 5.69 Å². The molecule has 0 aromatic carbocycles. The zero-order valence-corrected chi connectivity index (χ0v) is 16.2. The molecule has 1 aliphatic heterocycles. The van der Waals surface area contributed by atoms with Gasteiger partial charge >= 0.3 is 0 Å². The van der Waals surface area contributed by atoms with Gasteiger partial charge in [0.2, 0.25) is 0 Å². The van der Waals surface area contributed by atoms with Crippen LogP contribution < -0.4 is 5.32 Å². The minimum absolute atomic E-state index is 0.00579. The third kappa shape index (κ3) is 4.94. The number of amides is 2. The highest BCUT2D eigenvalue weighted by molar-refractivity contribution is 5.93. The number of carbonyl (C=O) groups excluding carboxylic acids is 2. The van der Waals surface area contributed by atoms with E-state index in [-0.39, 0.29) is 17.9 Å². The highest BCUT2D eigenvalue weighted by atomic mass is 19.3. The molecule has 0 radical (unpaired) electrons. The van der Waals surface area contributed by atoms with E-state index in [1.165, 1.54) is 24.1 Å². The van der Waals surface area contributed by atoms with Crippen LogP contribution in [0.25, 0.3) is 0 Å². The van der Waals surface area contributed by atoms with E-state index < -0.39 is 36.7 Å². The number of carbonyl (C=O) groups is 2. The van der Waals surface area contributed by atoms with Gasteiger partial charge in [0.25, 0.3) is 17.7 Å². The molecule has 3 rings (SSSR count). The Hall–Kier alpha value is -2.89. The molecule has 1 atom stereocenters. The maximum atomic E-state index is 14.1. The van der Waals surface area contributed by atoms with Crippen molar-refractivity contribution in [3.63, 3.8) is 0 Å². The number of aromatic nitrogens is 5. The molecule has 29 heavy (non-hydrogen) atoms. The average Bonchev–Trinajstić information content (AvgIpc) is 3.40. The minimum atomic E-state index is -3.01. The van der Waals surface area contributed by atoms with Crippen LogP contribution in [0.3, 0.4) is 0 Å². The summed E-state index contributed by atoms with van der Waals surface area (Å²) in [7, 11) is 1.51. The number of nitrogens with zero attached hydrogens (tertiary/aromatic N) is 6. The van der Waals surface area contributed by atoms with Gasteiger partial charge in [-0.3, -0.25) is 14.3 Å². The summed E-state index contributed by atoms with van der Waals surface area (Å²) in [5, 5.41) is 14.3. The summed E-state index contributed by atoms with van der Waals surface area (Å²) in [6.45, 7) is 2.40. The van der Waals surface area contributed by atoms with Gasteiger partial charge in [-0.25, -0.2) is 13.5 Å². The Morgan fingerprint density at radius 3 is 2.83 bits per heavy atom. The Kier molecular flexibility index (Phi) is 6.20. The first-order valence-electron chi connectivity index (χ1n) is 9.22. The van der Waals surface area contributed by atoms with E-state index in [1.54, 1.807) is 10.9 Å². The highest BCUT2D eigenvalue weighted by Gasteiger charge is 2.47. The van der Waals surface area contributed by atoms with Crippen LogP contribution in [0.2, 0.25) is 0 Å². The number of hydrogen-bond acceptors (Lipinski definition) is 6. The molecule has 1 N–H and O–H groups in total. The fraction of sp³-hybridized carbons (Fsp3) is 0.588. The summed E-state index contributed by atoms with van der Waals surface area (Å²) < 4.78 is 35.8. The zero-order chi connectivity index (χ0) is 21.0. The van der Waals surface area contributed by atoms with Gasteiger partial charge in [-0.1, -0.05) is 5.21 Å². The number of aryl methyl sites for hydroxylation is 1. The van der Waals surface area contributed by atoms with Crippen LogP contribution in [0.1, 0.15) is 34.3 Å². The molecular weight excluding hydrogens is 388 g/mol. The summed E-state index contributed by atoms with van der Waals surface area (Å²) in [5.74, 6) is -4.01. The van der Waals surface area contributed by atoms with Crippen molar-refractivity contribution < 1.29 is 23.1 Å². The lowest BCUT2D eigenvalue weighted by Gasteiger charge is -2.22. The predicted octanol–water partition coefficient (Wildman–Crippen LogP) is 0.421. The van der Waals surface area contributed by atoms with Crippen molar-refractivity contribution >= 4 is 11.8 Å². The number of alkyl halides is 2. The largest absolute Gasteiger partial charge is 0.383 e. The molecule has 10 nitrogen and oxygen atoms in total. The Morgan fingerprint density at radius 1 is 1.34 bits per heavy atom.